The van der Waals surface area contributed by atoms with Crippen LogP contribution in [0.2, 0.25) is 0 Å². The lowest BCUT2D eigenvalue weighted by molar-refractivity contribution is -0.135. The summed E-state index contributed by atoms with van der Waals surface area (Å²) in [5.74, 6) is 0.998. The molecule has 0 aromatic rings. The molecule has 0 bridgehead atoms. The fraction of sp³-hybridized carbons (Fsp3) is 0.500. The highest BCUT2D eigenvalue weighted by atomic mass is 16.5. The molecule has 3 nitrogen and oxygen atoms in total. The monoisotopic (exact) mass is 152 g/mol. The van der Waals surface area contributed by atoms with Gasteiger partial charge in [0.25, 0.3) is 0 Å². The van der Waals surface area contributed by atoms with Gasteiger partial charge < -0.3 is 4.74 Å². The molecule has 0 atom stereocenters. The Morgan fingerprint density at radius 3 is 2.55 bits per heavy atom. The Bertz CT molecular complexity index is 276. The summed E-state index contributed by atoms with van der Waals surface area (Å²) in [6.45, 7) is 3.95. The van der Waals surface area contributed by atoms with Crippen molar-refractivity contribution < 1.29 is 14.3 Å². The third-order valence-electron chi connectivity index (χ3n) is 1.62. The summed E-state index contributed by atoms with van der Waals surface area (Å²) in [5.41, 5.74) is 2.11. The van der Waals surface area contributed by atoms with Crippen molar-refractivity contribution in [2.75, 3.05) is 6.61 Å². The molecule has 0 unspecified atom stereocenters. The van der Waals surface area contributed by atoms with Crippen molar-refractivity contribution >= 4 is 11.9 Å². The van der Waals surface area contributed by atoms with Crippen LogP contribution in [0.25, 0.3) is 0 Å². The van der Waals surface area contributed by atoms with E-state index in [1.165, 1.54) is 5.94 Å². The van der Waals surface area contributed by atoms with Gasteiger partial charge in [0.2, 0.25) is 0 Å². The first kappa shape index (κ1) is 7.80. The van der Waals surface area contributed by atoms with E-state index in [2.05, 4.69) is 5.73 Å². The number of carbonyl (C=O) groups is 1. The summed E-state index contributed by atoms with van der Waals surface area (Å²) in [4.78, 5) is 20.8. The Balaban J connectivity index is 3.19. The molecule has 0 N–H and O–H groups in total. The van der Waals surface area contributed by atoms with Crippen molar-refractivity contribution in [1.82, 2.24) is 0 Å². The second-order valence-corrected chi connectivity index (χ2v) is 3.06. The van der Waals surface area contributed by atoms with Crippen LogP contribution in [0.3, 0.4) is 0 Å². The Morgan fingerprint density at radius 2 is 2.18 bits per heavy atom. The van der Waals surface area contributed by atoms with Crippen LogP contribution in [0.5, 0.6) is 0 Å². The van der Waals surface area contributed by atoms with E-state index in [0.717, 1.165) is 0 Å². The number of ether oxygens (including phenoxy) is 1. The molecule has 0 spiro atoms. The minimum absolute atomic E-state index is 0.285. The second kappa shape index (κ2) is 2.39. The maximum absolute atomic E-state index is 10.9. The third kappa shape index (κ3) is 1.25. The van der Waals surface area contributed by atoms with Crippen LogP contribution in [0.4, 0.5) is 0 Å². The predicted molar refractivity (Wildman–Crippen MR) is 37.5 cm³/mol. The Morgan fingerprint density at radius 1 is 1.55 bits per heavy atom. The van der Waals surface area contributed by atoms with E-state index in [-0.39, 0.29) is 5.57 Å². The van der Waals surface area contributed by atoms with Crippen molar-refractivity contribution in [3.05, 3.63) is 11.3 Å². The highest BCUT2D eigenvalue weighted by molar-refractivity contribution is 5.92. The molecule has 0 amide bonds. The molecule has 1 rings (SSSR count). The average molecular weight is 152 g/mol. The van der Waals surface area contributed by atoms with Gasteiger partial charge in [0, 0.05) is 5.41 Å². The van der Waals surface area contributed by atoms with Gasteiger partial charge in [0.1, 0.15) is 6.61 Å². The first-order valence-corrected chi connectivity index (χ1v) is 3.25. The van der Waals surface area contributed by atoms with Gasteiger partial charge in [-0.1, -0.05) is 13.8 Å². The van der Waals surface area contributed by atoms with E-state index in [1.54, 1.807) is 0 Å². The maximum atomic E-state index is 10.9. The number of cyclic esters (lactones) is 1. The van der Waals surface area contributed by atoms with Gasteiger partial charge >= 0.3 is 5.97 Å². The van der Waals surface area contributed by atoms with Gasteiger partial charge in [-0.25, -0.2) is 9.59 Å². The first-order valence-electron chi connectivity index (χ1n) is 3.25. The molecule has 1 fully saturated rings. The second-order valence-electron chi connectivity index (χ2n) is 3.06. The summed E-state index contributed by atoms with van der Waals surface area (Å²) >= 11 is 0. The lowest BCUT2D eigenvalue weighted by Crippen LogP contribution is -2.12. The SMILES string of the molecule is CC1(C)COC(=O)C1=C=C=O. The van der Waals surface area contributed by atoms with Gasteiger partial charge in [-0.2, -0.15) is 0 Å². The first-order chi connectivity index (χ1) is 5.08. The molecule has 0 radical (unpaired) electrons. The molecule has 11 heavy (non-hydrogen) atoms. The molecule has 3 heteroatoms. The van der Waals surface area contributed by atoms with Crippen LogP contribution in [-0.4, -0.2) is 18.5 Å². The van der Waals surface area contributed by atoms with Crippen LogP contribution in [0.1, 0.15) is 13.8 Å². The molecule has 1 aliphatic heterocycles. The van der Waals surface area contributed by atoms with Gasteiger partial charge in [-0.15, -0.1) is 0 Å². The minimum Gasteiger partial charge on any atom is -0.461 e. The third-order valence-corrected chi connectivity index (χ3v) is 1.62. The van der Waals surface area contributed by atoms with Crippen LogP contribution in [0, 0.1) is 5.41 Å². The van der Waals surface area contributed by atoms with E-state index >= 15 is 0 Å². The van der Waals surface area contributed by atoms with E-state index in [9.17, 15) is 9.59 Å². The normalized spacial score (nSPS) is 20.5. The molecular weight excluding hydrogens is 144 g/mol. The zero-order valence-electron chi connectivity index (χ0n) is 6.43. The summed E-state index contributed by atoms with van der Waals surface area (Å²) in [6, 6.07) is 0. The van der Waals surface area contributed by atoms with Crippen molar-refractivity contribution in [2.24, 2.45) is 5.41 Å². The number of rotatable bonds is 0. The van der Waals surface area contributed by atoms with Crippen molar-refractivity contribution in [3.63, 3.8) is 0 Å². The predicted octanol–water partition coefficient (Wildman–Crippen LogP) is 0.483. The van der Waals surface area contributed by atoms with Crippen LogP contribution < -0.4 is 0 Å². The van der Waals surface area contributed by atoms with Crippen LogP contribution in [0.15, 0.2) is 11.3 Å². The van der Waals surface area contributed by atoms with Gasteiger partial charge in [-0.05, 0) is 5.73 Å². The Labute approximate surface area is 64.3 Å². The molecule has 1 aliphatic rings. The summed E-state index contributed by atoms with van der Waals surface area (Å²) < 4.78 is 4.72. The lowest BCUT2D eigenvalue weighted by Gasteiger charge is -2.10. The summed E-state index contributed by atoms with van der Waals surface area (Å²) in [5, 5.41) is 0. The van der Waals surface area contributed by atoms with Crippen LogP contribution in [-0.2, 0) is 14.3 Å². The van der Waals surface area contributed by atoms with E-state index in [4.69, 9.17) is 4.74 Å². The fourth-order valence-electron chi connectivity index (χ4n) is 0.938. The molecule has 1 heterocycles. The standard InChI is InChI=1S/C8H8O3/c1-8(2)5-11-7(10)6(8)3-4-9/h5H2,1-2H3. The number of carbonyl (C=O) groups excluding carboxylic acids is 2. The maximum Gasteiger partial charge on any atom is 0.343 e. The zero-order valence-corrected chi connectivity index (χ0v) is 6.43. The minimum atomic E-state index is -0.460. The smallest absolute Gasteiger partial charge is 0.343 e. The number of hydrogen-bond acceptors (Lipinski definition) is 3. The quantitative estimate of drug-likeness (QED) is 0.219. The van der Waals surface area contributed by atoms with E-state index < -0.39 is 11.4 Å². The van der Waals surface area contributed by atoms with Crippen molar-refractivity contribution in [2.45, 2.75) is 13.8 Å². The average Bonchev–Trinajstić information content (AvgIpc) is 2.16. The van der Waals surface area contributed by atoms with E-state index in [1.807, 2.05) is 13.8 Å². The Hall–Kier alpha value is -1.30. The molecular formula is C8H8O3. The zero-order chi connectivity index (χ0) is 8.48. The topological polar surface area (TPSA) is 43.4 Å². The van der Waals surface area contributed by atoms with Crippen molar-refractivity contribution in [3.8, 4) is 0 Å². The molecule has 0 aliphatic carbocycles. The van der Waals surface area contributed by atoms with E-state index in [0.29, 0.717) is 6.61 Å². The highest BCUT2D eigenvalue weighted by Gasteiger charge is 2.37. The fourth-order valence-corrected chi connectivity index (χ4v) is 0.938. The highest BCUT2D eigenvalue weighted by Crippen LogP contribution is 2.32. The van der Waals surface area contributed by atoms with Crippen molar-refractivity contribution in [1.29, 1.82) is 0 Å². The summed E-state index contributed by atoms with van der Waals surface area (Å²) in [7, 11) is 0. The van der Waals surface area contributed by atoms with Gasteiger partial charge in [0.05, 0.1) is 5.57 Å². The molecule has 0 aromatic carbocycles. The summed E-state index contributed by atoms with van der Waals surface area (Å²) in [6.07, 6.45) is 0. The Kier molecular flexibility index (Phi) is 1.69. The number of hydrogen-bond donors (Lipinski definition) is 0. The molecule has 1 saturated heterocycles. The van der Waals surface area contributed by atoms with Gasteiger partial charge in [0.15, 0.2) is 5.94 Å². The molecule has 0 saturated carbocycles. The van der Waals surface area contributed by atoms with Crippen LogP contribution >= 0.6 is 0 Å². The lowest BCUT2D eigenvalue weighted by atomic mass is 9.88. The largest absolute Gasteiger partial charge is 0.461 e. The molecule has 58 valence electrons. The van der Waals surface area contributed by atoms with Gasteiger partial charge in [-0.3, -0.25) is 0 Å². The number of esters is 1. The molecule has 0 aromatic heterocycles.